The van der Waals surface area contributed by atoms with Crippen LogP contribution in [0.15, 0.2) is 194 Å². The van der Waals surface area contributed by atoms with Crippen molar-refractivity contribution in [3.63, 3.8) is 0 Å². The summed E-state index contributed by atoms with van der Waals surface area (Å²) >= 11 is 0. The maximum absolute atomic E-state index is 5.36. The largest absolute Gasteiger partial charge is 0.292 e. The first-order valence-corrected chi connectivity index (χ1v) is 17.0. The van der Waals surface area contributed by atoms with Gasteiger partial charge in [0.05, 0.1) is 16.7 Å². The minimum atomic E-state index is -0.512. The Labute approximate surface area is 289 Å². The first-order chi connectivity index (χ1) is 24.1. The van der Waals surface area contributed by atoms with E-state index in [2.05, 4.69) is 213 Å². The molecule has 0 N–H and O–H groups in total. The van der Waals surface area contributed by atoms with E-state index in [1.165, 1.54) is 33.4 Å². The predicted octanol–water partition coefficient (Wildman–Crippen LogP) is 11.4. The topological polar surface area (TPSA) is 17.8 Å². The summed E-state index contributed by atoms with van der Waals surface area (Å²) in [6.45, 7) is 4.76. The van der Waals surface area contributed by atoms with Crippen molar-refractivity contribution in [3.05, 3.63) is 228 Å². The lowest BCUT2D eigenvalue weighted by molar-refractivity contribution is 0.658. The first-order valence-electron chi connectivity index (χ1n) is 17.0. The Bertz CT molecular complexity index is 2140. The smallest absolute Gasteiger partial charge is 0.145 e. The maximum atomic E-state index is 5.36. The van der Waals surface area contributed by atoms with Crippen LogP contribution in [0.5, 0.6) is 0 Å². The number of rotatable bonds is 8. The highest BCUT2D eigenvalue weighted by atomic mass is 15.1. The summed E-state index contributed by atoms with van der Waals surface area (Å²) in [5.41, 5.74) is 10.5. The molecule has 0 bridgehead atoms. The van der Waals surface area contributed by atoms with E-state index in [0.29, 0.717) is 0 Å². The molecule has 2 heteroatoms. The molecule has 0 unspecified atom stereocenters. The Hall–Kier alpha value is -5.99. The Morgan fingerprint density at radius 1 is 0.388 bits per heavy atom. The number of aromatic nitrogens is 2. The zero-order valence-corrected chi connectivity index (χ0v) is 27.9. The van der Waals surface area contributed by atoms with Crippen LogP contribution in [0.4, 0.5) is 0 Å². The van der Waals surface area contributed by atoms with Crippen molar-refractivity contribution in [2.24, 2.45) is 0 Å². The molecule has 0 spiro atoms. The number of para-hydroxylation sites is 3. The van der Waals surface area contributed by atoms with Crippen molar-refractivity contribution < 1.29 is 0 Å². The van der Waals surface area contributed by atoms with Crippen molar-refractivity contribution >= 4 is 11.0 Å². The van der Waals surface area contributed by atoms with Crippen molar-refractivity contribution in [2.45, 2.75) is 24.7 Å². The fraction of sp³-hybridized carbons (Fsp3) is 0.0851. The summed E-state index contributed by atoms with van der Waals surface area (Å²) in [7, 11) is 0. The van der Waals surface area contributed by atoms with Crippen LogP contribution in [0.1, 0.15) is 47.2 Å². The molecule has 0 fully saturated rings. The van der Waals surface area contributed by atoms with E-state index in [1.807, 2.05) is 0 Å². The molecule has 236 valence electrons. The molecule has 0 saturated heterocycles. The predicted molar refractivity (Wildman–Crippen MR) is 203 cm³/mol. The third-order valence-electron chi connectivity index (χ3n) is 10.3. The molecule has 7 aromatic carbocycles. The quantitative estimate of drug-likeness (QED) is 0.153. The molecule has 0 amide bonds. The van der Waals surface area contributed by atoms with Crippen LogP contribution in [0.25, 0.3) is 28.1 Å². The Kier molecular flexibility index (Phi) is 7.78. The average molecular weight is 631 g/mol. The summed E-state index contributed by atoms with van der Waals surface area (Å²) in [6, 6.07) is 69.8. The molecule has 1 aromatic heterocycles. The second-order valence-corrected chi connectivity index (χ2v) is 13.0. The van der Waals surface area contributed by atoms with E-state index in [0.717, 1.165) is 28.1 Å². The Morgan fingerprint density at radius 3 is 1.18 bits per heavy atom. The minimum Gasteiger partial charge on any atom is -0.292 e. The van der Waals surface area contributed by atoms with Gasteiger partial charge in [-0.1, -0.05) is 182 Å². The highest BCUT2D eigenvalue weighted by Crippen LogP contribution is 2.49. The molecule has 1 heterocycles. The lowest BCUT2D eigenvalue weighted by Gasteiger charge is -2.39. The molecule has 0 aliphatic rings. The van der Waals surface area contributed by atoms with Crippen LogP contribution in [-0.2, 0) is 10.8 Å². The molecule has 0 aliphatic heterocycles. The fourth-order valence-electron chi connectivity index (χ4n) is 7.67. The van der Waals surface area contributed by atoms with Crippen LogP contribution < -0.4 is 0 Å². The average Bonchev–Trinajstić information content (AvgIpc) is 3.58. The van der Waals surface area contributed by atoms with E-state index in [9.17, 15) is 0 Å². The standard InChI is InChI=1S/C47H38N2/c1-46(36-23-10-4-11-24-36,37-25-12-5-13-26-37)40-31-20-32-41(47(2,38-27-14-6-15-28-38)39-29-16-7-17-30-39)44(40)49-43-34-19-18-33-42(43)48-45(49)35-21-8-3-9-22-35/h3-34H,1-2H3. The highest BCUT2D eigenvalue weighted by Gasteiger charge is 2.40. The van der Waals surface area contributed by atoms with Crippen LogP contribution in [0.3, 0.4) is 0 Å². The molecule has 0 radical (unpaired) electrons. The number of hydrogen-bond donors (Lipinski definition) is 0. The van der Waals surface area contributed by atoms with E-state index in [4.69, 9.17) is 4.98 Å². The Balaban J connectivity index is 1.59. The summed E-state index contributed by atoms with van der Waals surface area (Å²) in [5, 5.41) is 0. The van der Waals surface area contributed by atoms with Gasteiger partial charge in [0.25, 0.3) is 0 Å². The summed E-state index contributed by atoms with van der Waals surface area (Å²) in [5.74, 6) is 0.919. The number of nitrogens with zero attached hydrogens (tertiary/aromatic N) is 2. The minimum absolute atomic E-state index is 0.512. The summed E-state index contributed by atoms with van der Waals surface area (Å²) in [4.78, 5) is 5.36. The second-order valence-electron chi connectivity index (χ2n) is 13.0. The molecule has 2 nitrogen and oxygen atoms in total. The van der Waals surface area contributed by atoms with Gasteiger partial charge in [0, 0.05) is 16.4 Å². The van der Waals surface area contributed by atoms with E-state index >= 15 is 0 Å². The van der Waals surface area contributed by atoms with Crippen molar-refractivity contribution in [2.75, 3.05) is 0 Å². The molecule has 0 aliphatic carbocycles. The van der Waals surface area contributed by atoms with Gasteiger partial charge in [-0.2, -0.15) is 0 Å². The summed E-state index contributed by atoms with van der Waals surface area (Å²) < 4.78 is 2.43. The number of fused-ring (bicyclic) bond motifs is 1. The van der Waals surface area contributed by atoms with E-state index in [-0.39, 0.29) is 0 Å². The molecule has 49 heavy (non-hydrogen) atoms. The van der Waals surface area contributed by atoms with Gasteiger partial charge in [-0.3, -0.25) is 4.57 Å². The molecular formula is C47H38N2. The second kappa shape index (κ2) is 12.6. The van der Waals surface area contributed by atoms with Gasteiger partial charge >= 0.3 is 0 Å². The van der Waals surface area contributed by atoms with Crippen molar-refractivity contribution in [1.82, 2.24) is 9.55 Å². The highest BCUT2D eigenvalue weighted by molar-refractivity contribution is 5.85. The number of hydrogen-bond acceptors (Lipinski definition) is 1. The lowest BCUT2D eigenvalue weighted by Crippen LogP contribution is -2.32. The Morgan fingerprint density at radius 2 is 0.755 bits per heavy atom. The third kappa shape index (κ3) is 5.08. The number of imidazole rings is 1. The van der Waals surface area contributed by atoms with Crippen molar-refractivity contribution in [1.29, 1.82) is 0 Å². The lowest BCUT2D eigenvalue weighted by atomic mass is 9.66. The zero-order chi connectivity index (χ0) is 33.3. The van der Waals surface area contributed by atoms with Crippen LogP contribution in [-0.4, -0.2) is 9.55 Å². The van der Waals surface area contributed by atoms with Crippen LogP contribution in [0.2, 0.25) is 0 Å². The van der Waals surface area contributed by atoms with Gasteiger partial charge in [0.2, 0.25) is 0 Å². The van der Waals surface area contributed by atoms with E-state index in [1.54, 1.807) is 0 Å². The molecule has 8 aromatic rings. The van der Waals surface area contributed by atoms with Gasteiger partial charge in [-0.15, -0.1) is 0 Å². The maximum Gasteiger partial charge on any atom is 0.145 e. The van der Waals surface area contributed by atoms with Gasteiger partial charge in [-0.05, 0) is 59.4 Å². The van der Waals surface area contributed by atoms with Gasteiger partial charge in [0.15, 0.2) is 0 Å². The zero-order valence-electron chi connectivity index (χ0n) is 27.9. The van der Waals surface area contributed by atoms with Crippen molar-refractivity contribution in [3.8, 4) is 17.1 Å². The van der Waals surface area contributed by atoms with Gasteiger partial charge in [0.1, 0.15) is 5.82 Å². The first kappa shape index (κ1) is 30.4. The SMILES string of the molecule is CC(c1ccccc1)(c1ccccc1)c1cccc(C(C)(c2ccccc2)c2ccccc2)c1-n1c(-c2ccccc2)nc2ccccc21. The normalized spacial score (nSPS) is 11.9. The molecule has 0 atom stereocenters. The van der Waals surface area contributed by atoms with Crippen LogP contribution in [0, 0.1) is 0 Å². The van der Waals surface area contributed by atoms with Crippen LogP contribution >= 0.6 is 0 Å². The van der Waals surface area contributed by atoms with E-state index < -0.39 is 10.8 Å². The monoisotopic (exact) mass is 630 g/mol. The van der Waals surface area contributed by atoms with Gasteiger partial charge in [-0.25, -0.2) is 4.98 Å². The third-order valence-corrected chi connectivity index (χ3v) is 10.3. The number of benzene rings is 7. The van der Waals surface area contributed by atoms with Gasteiger partial charge < -0.3 is 0 Å². The molecule has 8 rings (SSSR count). The fourth-order valence-corrected chi connectivity index (χ4v) is 7.67. The summed E-state index contributed by atoms with van der Waals surface area (Å²) in [6.07, 6.45) is 0. The molecular weight excluding hydrogens is 593 g/mol. The molecule has 0 saturated carbocycles.